The minimum absolute atomic E-state index is 0.168. The summed E-state index contributed by atoms with van der Waals surface area (Å²) in [6.07, 6.45) is 0. The molecule has 7 heteroatoms. The third kappa shape index (κ3) is 2.60. The summed E-state index contributed by atoms with van der Waals surface area (Å²) in [6, 6.07) is 10.5. The second kappa shape index (κ2) is 5.77. The van der Waals surface area contributed by atoms with Gasteiger partial charge in [0.25, 0.3) is 5.91 Å². The van der Waals surface area contributed by atoms with Gasteiger partial charge in [0.1, 0.15) is 0 Å². The molecule has 2 aromatic rings. The molecule has 0 spiro atoms. The standard InChI is InChI=1S/C17H14N2O5/c1-10(11-2-4-13-15(6-11)23-8-21-13)18-19-17(20)12-3-5-14-16(7-12)24-9-22-14/h2-7H,8-9H2,1H3,(H,19,20)/b18-10+. The van der Waals surface area contributed by atoms with Crippen molar-refractivity contribution >= 4 is 11.6 Å². The highest BCUT2D eigenvalue weighted by Crippen LogP contribution is 2.33. The van der Waals surface area contributed by atoms with Crippen LogP contribution in [0.15, 0.2) is 41.5 Å². The number of benzene rings is 2. The summed E-state index contributed by atoms with van der Waals surface area (Å²) in [5, 5.41) is 4.14. The van der Waals surface area contributed by atoms with E-state index >= 15 is 0 Å². The van der Waals surface area contributed by atoms with Crippen molar-refractivity contribution in [3.63, 3.8) is 0 Å². The number of hydrazone groups is 1. The smallest absolute Gasteiger partial charge is 0.271 e. The van der Waals surface area contributed by atoms with E-state index in [1.165, 1.54) is 0 Å². The van der Waals surface area contributed by atoms with Gasteiger partial charge < -0.3 is 18.9 Å². The summed E-state index contributed by atoms with van der Waals surface area (Å²) in [4.78, 5) is 12.2. The van der Waals surface area contributed by atoms with Gasteiger partial charge in [0.2, 0.25) is 13.6 Å². The van der Waals surface area contributed by atoms with E-state index in [4.69, 9.17) is 18.9 Å². The maximum absolute atomic E-state index is 12.2. The van der Waals surface area contributed by atoms with Crippen LogP contribution in [0, 0.1) is 0 Å². The molecule has 0 saturated carbocycles. The van der Waals surface area contributed by atoms with E-state index in [1.807, 2.05) is 18.2 Å². The van der Waals surface area contributed by atoms with Crippen molar-refractivity contribution in [2.24, 2.45) is 5.10 Å². The maximum Gasteiger partial charge on any atom is 0.271 e. The van der Waals surface area contributed by atoms with Gasteiger partial charge in [-0.3, -0.25) is 4.79 Å². The first-order valence-electron chi connectivity index (χ1n) is 7.35. The first-order valence-corrected chi connectivity index (χ1v) is 7.35. The first kappa shape index (κ1) is 14.4. The molecule has 2 aromatic carbocycles. The van der Waals surface area contributed by atoms with Gasteiger partial charge >= 0.3 is 0 Å². The Morgan fingerprint density at radius 3 is 2.08 bits per heavy atom. The number of amides is 1. The Labute approximate surface area is 137 Å². The predicted molar refractivity (Wildman–Crippen MR) is 84.8 cm³/mol. The molecule has 1 amide bonds. The molecule has 2 aliphatic rings. The summed E-state index contributed by atoms with van der Waals surface area (Å²) >= 11 is 0. The van der Waals surface area contributed by atoms with E-state index in [0.29, 0.717) is 34.3 Å². The summed E-state index contributed by atoms with van der Waals surface area (Å²) < 4.78 is 21.1. The average Bonchev–Trinajstić information content (AvgIpc) is 3.26. The number of hydrogen-bond donors (Lipinski definition) is 1. The predicted octanol–water partition coefficient (Wildman–Crippen LogP) is 2.30. The van der Waals surface area contributed by atoms with Crippen molar-refractivity contribution in [1.82, 2.24) is 5.43 Å². The molecule has 0 aliphatic carbocycles. The van der Waals surface area contributed by atoms with Gasteiger partial charge in [0, 0.05) is 11.1 Å². The molecule has 7 nitrogen and oxygen atoms in total. The second-order valence-electron chi connectivity index (χ2n) is 5.27. The number of nitrogens with one attached hydrogen (secondary N) is 1. The van der Waals surface area contributed by atoms with Crippen LogP contribution >= 0.6 is 0 Å². The lowest BCUT2D eigenvalue weighted by Crippen LogP contribution is -2.19. The minimum Gasteiger partial charge on any atom is -0.454 e. The molecule has 0 aromatic heterocycles. The highest BCUT2D eigenvalue weighted by molar-refractivity contribution is 6.01. The van der Waals surface area contributed by atoms with Gasteiger partial charge in [-0.1, -0.05) is 0 Å². The van der Waals surface area contributed by atoms with Gasteiger partial charge in [-0.05, 0) is 43.3 Å². The Bertz CT molecular complexity index is 847. The van der Waals surface area contributed by atoms with Crippen LogP contribution in [0.4, 0.5) is 0 Å². The number of rotatable bonds is 3. The number of fused-ring (bicyclic) bond motifs is 2. The fraction of sp³-hybridized carbons (Fsp3) is 0.176. The fourth-order valence-electron chi connectivity index (χ4n) is 2.42. The highest BCUT2D eigenvalue weighted by atomic mass is 16.7. The maximum atomic E-state index is 12.2. The molecule has 24 heavy (non-hydrogen) atoms. The van der Waals surface area contributed by atoms with Crippen molar-refractivity contribution < 1.29 is 23.7 Å². The molecule has 0 atom stereocenters. The summed E-state index contributed by atoms with van der Waals surface area (Å²) in [5.74, 6) is 2.24. The molecule has 0 radical (unpaired) electrons. The molecular weight excluding hydrogens is 312 g/mol. The van der Waals surface area contributed by atoms with Crippen LogP contribution in [0.2, 0.25) is 0 Å². The number of hydrogen-bond acceptors (Lipinski definition) is 6. The third-order valence-corrected chi connectivity index (χ3v) is 3.75. The largest absolute Gasteiger partial charge is 0.454 e. The number of ether oxygens (including phenoxy) is 4. The lowest BCUT2D eigenvalue weighted by Gasteiger charge is -2.05. The lowest BCUT2D eigenvalue weighted by molar-refractivity contribution is 0.0954. The zero-order valence-corrected chi connectivity index (χ0v) is 12.9. The number of nitrogens with zero attached hydrogens (tertiary/aromatic N) is 1. The Morgan fingerprint density at radius 2 is 1.42 bits per heavy atom. The highest BCUT2D eigenvalue weighted by Gasteiger charge is 2.17. The lowest BCUT2D eigenvalue weighted by atomic mass is 10.1. The third-order valence-electron chi connectivity index (χ3n) is 3.75. The minimum atomic E-state index is -0.326. The Kier molecular flexibility index (Phi) is 3.45. The fourth-order valence-corrected chi connectivity index (χ4v) is 2.42. The molecule has 1 N–H and O–H groups in total. The van der Waals surface area contributed by atoms with E-state index in [9.17, 15) is 4.79 Å². The van der Waals surface area contributed by atoms with Crippen LogP contribution < -0.4 is 24.4 Å². The normalized spacial score (nSPS) is 14.6. The van der Waals surface area contributed by atoms with Gasteiger partial charge in [-0.25, -0.2) is 5.43 Å². The molecule has 0 bridgehead atoms. The average molecular weight is 326 g/mol. The van der Waals surface area contributed by atoms with Gasteiger partial charge in [0.05, 0.1) is 5.71 Å². The van der Waals surface area contributed by atoms with E-state index in [1.54, 1.807) is 25.1 Å². The molecule has 0 saturated heterocycles. The van der Waals surface area contributed by atoms with Gasteiger partial charge in [0.15, 0.2) is 23.0 Å². The van der Waals surface area contributed by atoms with Crippen molar-refractivity contribution in [2.45, 2.75) is 6.92 Å². The molecule has 0 fully saturated rings. The molecule has 4 rings (SSSR count). The van der Waals surface area contributed by atoms with Crippen LogP contribution in [-0.4, -0.2) is 25.2 Å². The Hall–Kier alpha value is -3.22. The zero-order chi connectivity index (χ0) is 16.5. The van der Waals surface area contributed by atoms with E-state index in [-0.39, 0.29) is 19.5 Å². The van der Waals surface area contributed by atoms with Crippen LogP contribution in [-0.2, 0) is 0 Å². The van der Waals surface area contributed by atoms with Crippen LogP contribution in [0.1, 0.15) is 22.8 Å². The molecule has 0 unspecified atom stereocenters. The molecule has 2 aliphatic heterocycles. The van der Waals surface area contributed by atoms with Gasteiger partial charge in [-0.2, -0.15) is 5.10 Å². The monoisotopic (exact) mass is 326 g/mol. The second-order valence-corrected chi connectivity index (χ2v) is 5.27. The van der Waals surface area contributed by atoms with E-state index < -0.39 is 0 Å². The van der Waals surface area contributed by atoms with Crippen molar-refractivity contribution in [3.05, 3.63) is 47.5 Å². The van der Waals surface area contributed by atoms with E-state index in [2.05, 4.69) is 10.5 Å². The SMILES string of the molecule is C/C(=N\NC(=O)c1ccc2c(c1)OCO2)c1ccc2c(c1)OCO2. The Balaban J connectivity index is 1.48. The topological polar surface area (TPSA) is 78.4 Å². The van der Waals surface area contributed by atoms with Crippen molar-refractivity contribution in [2.75, 3.05) is 13.6 Å². The summed E-state index contributed by atoms with van der Waals surface area (Å²) in [5.41, 5.74) is 4.48. The summed E-state index contributed by atoms with van der Waals surface area (Å²) in [7, 11) is 0. The van der Waals surface area contributed by atoms with Crippen LogP contribution in [0.25, 0.3) is 0 Å². The van der Waals surface area contributed by atoms with Crippen molar-refractivity contribution in [3.8, 4) is 23.0 Å². The van der Waals surface area contributed by atoms with Crippen molar-refractivity contribution in [1.29, 1.82) is 0 Å². The van der Waals surface area contributed by atoms with Crippen LogP contribution in [0.5, 0.6) is 23.0 Å². The first-order chi connectivity index (χ1) is 11.7. The Morgan fingerprint density at radius 1 is 0.875 bits per heavy atom. The quantitative estimate of drug-likeness (QED) is 0.692. The van der Waals surface area contributed by atoms with E-state index in [0.717, 1.165) is 5.56 Å². The molecule has 2 heterocycles. The summed E-state index contributed by atoms with van der Waals surface area (Å²) in [6.45, 7) is 2.19. The molecule has 122 valence electrons. The van der Waals surface area contributed by atoms with Gasteiger partial charge in [-0.15, -0.1) is 0 Å². The number of carbonyl (C=O) groups excluding carboxylic acids is 1. The number of carbonyl (C=O) groups is 1. The van der Waals surface area contributed by atoms with Crippen LogP contribution in [0.3, 0.4) is 0 Å². The molecular formula is C17H14N2O5. The zero-order valence-electron chi connectivity index (χ0n) is 12.9.